The Morgan fingerprint density at radius 3 is 2.50 bits per heavy atom. The molecule has 4 rings (SSSR count). The molecule has 152 valence electrons. The summed E-state index contributed by atoms with van der Waals surface area (Å²) in [6.07, 6.45) is 0. The quantitative estimate of drug-likeness (QED) is 0.496. The van der Waals surface area contributed by atoms with Gasteiger partial charge in [-0.3, -0.25) is 9.48 Å². The fourth-order valence-corrected chi connectivity index (χ4v) is 3.07. The van der Waals surface area contributed by atoms with E-state index in [-0.39, 0.29) is 18.2 Å². The van der Waals surface area contributed by atoms with Gasteiger partial charge in [0.15, 0.2) is 11.5 Å². The Balaban J connectivity index is 1.46. The molecule has 0 aliphatic carbocycles. The fourth-order valence-electron chi connectivity index (χ4n) is 3.07. The zero-order valence-electron chi connectivity index (χ0n) is 16.8. The molecule has 0 aliphatic rings. The molecular weight excluding hydrogens is 380 g/mol. The topological polar surface area (TPSA) is 82.2 Å². The Bertz CT molecular complexity index is 1130. The van der Waals surface area contributed by atoms with Gasteiger partial charge in [-0.25, -0.2) is 0 Å². The van der Waals surface area contributed by atoms with Crippen LogP contribution in [0.15, 0.2) is 71.3 Å². The molecule has 2 aromatic carbocycles. The summed E-state index contributed by atoms with van der Waals surface area (Å²) in [5.74, 6) is 1.33. The summed E-state index contributed by atoms with van der Waals surface area (Å²) in [7, 11) is 0. The van der Waals surface area contributed by atoms with E-state index < -0.39 is 0 Å². The van der Waals surface area contributed by atoms with Crippen LogP contribution in [0.2, 0.25) is 0 Å². The molecule has 0 bridgehead atoms. The zero-order valence-corrected chi connectivity index (χ0v) is 16.8. The largest absolute Gasteiger partial charge is 0.489 e. The highest BCUT2D eigenvalue weighted by atomic mass is 16.5. The molecule has 0 radical (unpaired) electrons. The Morgan fingerprint density at radius 1 is 1.07 bits per heavy atom. The van der Waals surface area contributed by atoms with Gasteiger partial charge in [0.1, 0.15) is 18.1 Å². The number of nitrogens with one attached hydrogen (secondary N) is 1. The second-order valence-electron chi connectivity index (χ2n) is 6.94. The lowest BCUT2D eigenvalue weighted by molar-refractivity contribution is 0.101. The van der Waals surface area contributed by atoms with Crippen molar-refractivity contribution in [2.45, 2.75) is 27.0 Å². The number of carbonyl (C=O) groups is 1. The predicted octanol–water partition coefficient (Wildman–Crippen LogP) is 4.37. The first-order valence-corrected chi connectivity index (χ1v) is 9.63. The Morgan fingerprint density at radius 2 is 1.77 bits per heavy atom. The molecule has 0 atom stereocenters. The van der Waals surface area contributed by atoms with Crippen molar-refractivity contribution in [1.82, 2.24) is 14.9 Å². The van der Waals surface area contributed by atoms with Gasteiger partial charge in [0, 0.05) is 11.8 Å². The van der Waals surface area contributed by atoms with Crippen LogP contribution >= 0.6 is 0 Å². The van der Waals surface area contributed by atoms with E-state index >= 15 is 0 Å². The van der Waals surface area contributed by atoms with Gasteiger partial charge in [-0.1, -0.05) is 53.7 Å². The lowest BCUT2D eigenvalue weighted by Crippen LogP contribution is -2.16. The summed E-state index contributed by atoms with van der Waals surface area (Å²) in [5, 5.41) is 11.2. The second kappa shape index (κ2) is 8.65. The standard InChI is InChI=1S/C23H22N4O3/c1-16-13-21(25-27(16)14-18-9-5-3-6-10-18)24-23(28)22-20(17(2)30-26-22)15-29-19-11-7-4-8-12-19/h3-13H,14-15H2,1-2H3,(H,24,25,28). The molecule has 7 nitrogen and oxygen atoms in total. The minimum Gasteiger partial charge on any atom is -0.489 e. The summed E-state index contributed by atoms with van der Waals surface area (Å²) in [4.78, 5) is 12.8. The van der Waals surface area contributed by atoms with Gasteiger partial charge in [-0.2, -0.15) is 5.10 Å². The fraction of sp³-hybridized carbons (Fsp3) is 0.174. The summed E-state index contributed by atoms with van der Waals surface area (Å²) in [6, 6.07) is 21.2. The Hall–Kier alpha value is -3.87. The maximum atomic E-state index is 12.8. The molecule has 2 aromatic heterocycles. The van der Waals surface area contributed by atoms with E-state index in [0.717, 1.165) is 11.3 Å². The summed E-state index contributed by atoms with van der Waals surface area (Å²) < 4.78 is 12.8. The van der Waals surface area contributed by atoms with E-state index in [1.54, 1.807) is 6.92 Å². The molecule has 0 fully saturated rings. The molecule has 2 heterocycles. The van der Waals surface area contributed by atoms with Gasteiger partial charge in [-0.15, -0.1) is 0 Å². The van der Waals surface area contributed by atoms with E-state index in [9.17, 15) is 4.79 Å². The molecule has 30 heavy (non-hydrogen) atoms. The average molecular weight is 402 g/mol. The zero-order chi connectivity index (χ0) is 20.9. The first-order valence-electron chi connectivity index (χ1n) is 9.63. The lowest BCUT2D eigenvalue weighted by atomic mass is 10.2. The summed E-state index contributed by atoms with van der Waals surface area (Å²) >= 11 is 0. The van der Waals surface area contributed by atoms with Gasteiger partial charge >= 0.3 is 0 Å². The molecular formula is C23H22N4O3. The van der Waals surface area contributed by atoms with E-state index in [1.165, 1.54) is 0 Å². The van der Waals surface area contributed by atoms with Crippen LogP contribution in [0, 0.1) is 13.8 Å². The van der Waals surface area contributed by atoms with Crippen molar-refractivity contribution in [2.24, 2.45) is 0 Å². The highest BCUT2D eigenvalue weighted by Crippen LogP contribution is 2.19. The number of aromatic nitrogens is 3. The lowest BCUT2D eigenvalue weighted by Gasteiger charge is -2.06. The number of para-hydroxylation sites is 1. The van der Waals surface area contributed by atoms with Crippen LogP contribution in [-0.4, -0.2) is 20.8 Å². The van der Waals surface area contributed by atoms with Gasteiger partial charge < -0.3 is 14.6 Å². The normalized spacial score (nSPS) is 10.7. The number of amides is 1. The molecule has 1 amide bonds. The van der Waals surface area contributed by atoms with Crippen molar-refractivity contribution in [3.8, 4) is 5.75 Å². The number of anilines is 1. The third kappa shape index (κ3) is 4.41. The van der Waals surface area contributed by atoms with Crippen molar-refractivity contribution >= 4 is 11.7 Å². The van der Waals surface area contributed by atoms with Crippen LogP contribution in [-0.2, 0) is 13.2 Å². The summed E-state index contributed by atoms with van der Waals surface area (Å²) in [5.41, 5.74) is 2.88. The average Bonchev–Trinajstić information content (AvgIpc) is 3.29. The predicted molar refractivity (Wildman–Crippen MR) is 112 cm³/mol. The van der Waals surface area contributed by atoms with Gasteiger partial charge in [0.2, 0.25) is 0 Å². The number of benzene rings is 2. The van der Waals surface area contributed by atoms with Crippen LogP contribution in [0.25, 0.3) is 0 Å². The molecule has 0 saturated heterocycles. The Kier molecular flexibility index (Phi) is 5.61. The van der Waals surface area contributed by atoms with Crippen LogP contribution in [0.5, 0.6) is 5.75 Å². The van der Waals surface area contributed by atoms with E-state index in [4.69, 9.17) is 9.26 Å². The number of hydrogen-bond acceptors (Lipinski definition) is 5. The van der Waals surface area contributed by atoms with Gasteiger partial charge in [0.05, 0.1) is 12.1 Å². The monoisotopic (exact) mass is 402 g/mol. The third-order valence-corrected chi connectivity index (χ3v) is 4.72. The SMILES string of the molecule is Cc1onc(C(=O)Nc2cc(C)n(Cc3ccccc3)n2)c1COc1ccccc1. The van der Waals surface area contributed by atoms with Gasteiger partial charge in [-0.05, 0) is 31.5 Å². The van der Waals surface area contributed by atoms with Crippen molar-refractivity contribution in [2.75, 3.05) is 5.32 Å². The highest BCUT2D eigenvalue weighted by Gasteiger charge is 2.21. The highest BCUT2D eigenvalue weighted by molar-refractivity contribution is 6.03. The van der Waals surface area contributed by atoms with Crippen molar-refractivity contribution in [3.63, 3.8) is 0 Å². The Labute approximate surface area is 174 Å². The van der Waals surface area contributed by atoms with Gasteiger partial charge in [0.25, 0.3) is 5.91 Å². The maximum Gasteiger partial charge on any atom is 0.279 e. The number of hydrogen-bond donors (Lipinski definition) is 1. The van der Waals surface area contributed by atoms with E-state index in [1.807, 2.05) is 78.3 Å². The van der Waals surface area contributed by atoms with Crippen LogP contribution in [0.4, 0.5) is 5.82 Å². The van der Waals surface area contributed by atoms with Crippen molar-refractivity contribution in [3.05, 3.63) is 95.0 Å². The smallest absolute Gasteiger partial charge is 0.279 e. The first-order chi connectivity index (χ1) is 14.6. The summed E-state index contributed by atoms with van der Waals surface area (Å²) in [6.45, 7) is 4.52. The maximum absolute atomic E-state index is 12.8. The molecule has 4 aromatic rings. The van der Waals surface area contributed by atoms with Crippen molar-refractivity contribution in [1.29, 1.82) is 0 Å². The number of nitrogens with zero attached hydrogens (tertiary/aromatic N) is 3. The minimum atomic E-state index is -0.386. The minimum absolute atomic E-state index is 0.184. The third-order valence-electron chi connectivity index (χ3n) is 4.72. The van der Waals surface area contributed by atoms with Crippen LogP contribution in [0.3, 0.4) is 0 Å². The number of ether oxygens (including phenoxy) is 1. The number of rotatable bonds is 7. The molecule has 0 aliphatic heterocycles. The van der Waals surface area contributed by atoms with E-state index in [0.29, 0.717) is 29.4 Å². The van der Waals surface area contributed by atoms with Crippen LogP contribution in [0.1, 0.15) is 33.1 Å². The second-order valence-corrected chi connectivity index (χ2v) is 6.94. The number of carbonyl (C=O) groups excluding carboxylic acids is 1. The molecule has 7 heteroatoms. The molecule has 1 N–H and O–H groups in total. The van der Waals surface area contributed by atoms with Crippen molar-refractivity contribution < 1.29 is 14.1 Å². The molecule has 0 unspecified atom stereocenters. The van der Waals surface area contributed by atoms with E-state index in [2.05, 4.69) is 15.6 Å². The molecule has 0 spiro atoms. The molecule has 0 saturated carbocycles. The number of aryl methyl sites for hydroxylation is 2. The van der Waals surface area contributed by atoms with Crippen LogP contribution < -0.4 is 10.1 Å². The first kappa shape index (κ1) is 19.4.